The fourth-order valence-corrected chi connectivity index (χ4v) is 2.84. The minimum Gasteiger partial charge on any atom is -0.496 e. The van der Waals surface area contributed by atoms with Crippen molar-refractivity contribution in [3.63, 3.8) is 0 Å². The fraction of sp³-hybridized carbons (Fsp3) is 0.450. The summed E-state index contributed by atoms with van der Waals surface area (Å²) < 4.78 is 10.1. The predicted molar refractivity (Wildman–Crippen MR) is 101 cm³/mol. The summed E-state index contributed by atoms with van der Waals surface area (Å²) in [6.07, 6.45) is 7.58. The first-order valence-electron chi connectivity index (χ1n) is 9.07. The van der Waals surface area contributed by atoms with Gasteiger partial charge in [0.1, 0.15) is 5.75 Å². The molecule has 0 saturated heterocycles. The summed E-state index contributed by atoms with van der Waals surface area (Å²) in [4.78, 5) is 35.5. The van der Waals surface area contributed by atoms with Crippen molar-refractivity contribution in [2.24, 2.45) is 0 Å². The van der Waals surface area contributed by atoms with Crippen LogP contribution in [0.4, 0.5) is 4.79 Å². The largest absolute Gasteiger partial charge is 0.496 e. The highest BCUT2D eigenvalue weighted by Gasteiger charge is 2.14. The van der Waals surface area contributed by atoms with E-state index < -0.39 is 24.5 Å². The number of ether oxygens (including phenoxy) is 2. The third-order valence-electron chi connectivity index (χ3n) is 4.35. The summed E-state index contributed by atoms with van der Waals surface area (Å²) in [6, 6.07) is 4.27. The van der Waals surface area contributed by atoms with Gasteiger partial charge in [0.15, 0.2) is 6.61 Å². The molecule has 3 amide bonds. The standard InChI is InChI=1S/C20H26N2O5/c1-14-8-9-16(12-17(14)26-2)19(24)27-13-18(23)22-20(25)21-11-10-15-6-4-3-5-7-15/h6,8-9,12H,3-5,7,10-11,13H2,1-2H3,(H2,21,22,23,25). The number of aryl methyl sites for hydroxylation is 1. The first kappa shape index (κ1) is 20.5. The van der Waals surface area contributed by atoms with E-state index in [1.807, 2.05) is 6.92 Å². The van der Waals surface area contributed by atoms with Crippen LogP contribution in [0.2, 0.25) is 0 Å². The number of benzene rings is 1. The van der Waals surface area contributed by atoms with Crippen LogP contribution in [0.5, 0.6) is 5.75 Å². The van der Waals surface area contributed by atoms with Crippen LogP contribution in [0.25, 0.3) is 0 Å². The summed E-state index contributed by atoms with van der Waals surface area (Å²) in [5.74, 6) is -0.786. The molecule has 1 aromatic carbocycles. The van der Waals surface area contributed by atoms with Gasteiger partial charge in [-0.2, -0.15) is 0 Å². The predicted octanol–water partition coefficient (Wildman–Crippen LogP) is 2.88. The van der Waals surface area contributed by atoms with Gasteiger partial charge in [-0.25, -0.2) is 9.59 Å². The van der Waals surface area contributed by atoms with Crippen molar-refractivity contribution in [1.82, 2.24) is 10.6 Å². The van der Waals surface area contributed by atoms with Gasteiger partial charge in [-0.1, -0.05) is 17.7 Å². The highest BCUT2D eigenvalue weighted by molar-refractivity contribution is 5.97. The van der Waals surface area contributed by atoms with E-state index in [-0.39, 0.29) is 5.56 Å². The SMILES string of the molecule is COc1cc(C(=O)OCC(=O)NC(=O)NCCC2=CCCCC2)ccc1C. The number of amides is 3. The topological polar surface area (TPSA) is 93.7 Å². The van der Waals surface area contributed by atoms with Crippen molar-refractivity contribution in [1.29, 1.82) is 0 Å². The minimum absolute atomic E-state index is 0.274. The van der Waals surface area contributed by atoms with Crippen molar-refractivity contribution in [3.8, 4) is 5.75 Å². The maximum atomic E-state index is 12.0. The quantitative estimate of drug-likeness (QED) is 0.565. The molecule has 0 unspecified atom stereocenters. The van der Waals surface area contributed by atoms with E-state index in [2.05, 4.69) is 16.7 Å². The summed E-state index contributed by atoms with van der Waals surface area (Å²) in [7, 11) is 1.51. The number of urea groups is 1. The molecule has 0 aliphatic heterocycles. The summed E-state index contributed by atoms with van der Waals surface area (Å²) in [6.45, 7) is 1.78. The molecule has 1 aliphatic rings. The molecule has 27 heavy (non-hydrogen) atoms. The van der Waals surface area contributed by atoms with Gasteiger partial charge in [0.05, 0.1) is 12.7 Å². The normalized spacial score (nSPS) is 13.3. The summed E-state index contributed by atoms with van der Waals surface area (Å²) in [5.41, 5.74) is 2.50. The number of rotatable bonds is 7. The lowest BCUT2D eigenvalue weighted by Gasteiger charge is -2.13. The van der Waals surface area contributed by atoms with Gasteiger partial charge >= 0.3 is 12.0 Å². The van der Waals surface area contributed by atoms with Crippen molar-refractivity contribution in [2.75, 3.05) is 20.3 Å². The molecule has 0 saturated carbocycles. The molecular weight excluding hydrogens is 348 g/mol. The summed E-state index contributed by atoms with van der Waals surface area (Å²) in [5, 5.41) is 4.78. The number of hydrogen-bond donors (Lipinski definition) is 2. The molecule has 1 aromatic rings. The fourth-order valence-electron chi connectivity index (χ4n) is 2.84. The van der Waals surface area contributed by atoms with E-state index in [1.165, 1.54) is 25.5 Å². The van der Waals surface area contributed by atoms with Crippen LogP contribution in [-0.4, -0.2) is 38.2 Å². The Balaban J connectivity index is 1.69. The Labute approximate surface area is 159 Å². The van der Waals surface area contributed by atoms with Crippen molar-refractivity contribution in [2.45, 2.75) is 39.0 Å². The number of imide groups is 1. The maximum Gasteiger partial charge on any atom is 0.338 e. The van der Waals surface area contributed by atoms with Crippen molar-refractivity contribution >= 4 is 17.9 Å². The van der Waals surface area contributed by atoms with E-state index in [1.54, 1.807) is 18.2 Å². The van der Waals surface area contributed by atoms with E-state index in [9.17, 15) is 14.4 Å². The van der Waals surface area contributed by atoms with Gasteiger partial charge in [-0.15, -0.1) is 0 Å². The molecule has 7 nitrogen and oxygen atoms in total. The maximum absolute atomic E-state index is 12.0. The van der Waals surface area contributed by atoms with Crippen molar-refractivity contribution < 1.29 is 23.9 Å². The zero-order valence-corrected chi connectivity index (χ0v) is 15.8. The van der Waals surface area contributed by atoms with Crippen LogP contribution >= 0.6 is 0 Å². The number of nitrogens with one attached hydrogen (secondary N) is 2. The number of allylic oxidation sites excluding steroid dienone is 1. The van der Waals surface area contributed by atoms with Crippen LogP contribution in [0.1, 0.15) is 48.0 Å². The highest BCUT2D eigenvalue weighted by Crippen LogP contribution is 2.20. The van der Waals surface area contributed by atoms with E-state index in [4.69, 9.17) is 9.47 Å². The number of carbonyl (C=O) groups excluding carboxylic acids is 3. The first-order valence-corrected chi connectivity index (χ1v) is 9.07. The second-order valence-electron chi connectivity index (χ2n) is 6.42. The third kappa shape index (κ3) is 6.77. The average Bonchev–Trinajstić information content (AvgIpc) is 2.67. The van der Waals surface area contributed by atoms with Gasteiger partial charge < -0.3 is 14.8 Å². The molecule has 0 spiro atoms. The molecule has 146 valence electrons. The molecule has 0 atom stereocenters. The third-order valence-corrected chi connectivity index (χ3v) is 4.35. The van der Waals surface area contributed by atoms with Gasteiger partial charge in [-0.3, -0.25) is 10.1 Å². The lowest BCUT2D eigenvalue weighted by atomic mass is 9.97. The minimum atomic E-state index is -0.684. The molecule has 0 heterocycles. The first-order chi connectivity index (χ1) is 13.0. The van der Waals surface area contributed by atoms with Gasteiger partial charge in [0.25, 0.3) is 5.91 Å². The Morgan fingerprint density at radius 3 is 2.70 bits per heavy atom. The molecule has 0 radical (unpaired) electrons. The molecule has 2 N–H and O–H groups in total. The van der Waals surface area contributed by atoms with E-state index in [0.717, 1.165) is 24.8 Å². The monoisotopic (exact) mass is 374 g/mol. The van der Waals surface area contributed by atoms with Crippen LogP contribution in [0.15, 0.2) is 29.8 Å². The molecule has 7 heteroatoms. The van der Waals surface area contributed by atoms with Crippen LogP contribution < -0.4 is 15.4 Å². The van der Waals surface area contributed by atoms with E-state index >= 15 is 0 Å². The molecule has 1 aliphatic carbocycles. The zero-order valence-electron chi connectivity index (χ0n) is 15.8. The zero-order chi connectivity index (χ0) is 19.6. The number of esters is 1. The summed E-state index contributed by atoms with van der Waals surface area (Å²) >= 11 is 0. The average molecular weight is 374 g/mol. The Morgan fingerprint density at radius 1 is 1.19 bits per heavy atom. The smallest absolute Gasteiger partial charge is 0.338 e. The second kappa shape index (κ2) is 10.4. The molecule has 0 aromatic heterocycles. The highest BCUT2D eigenvalue weighted by atomic mass is 16.5. The van der Waals surface area contributed by atoms with Crippen LogP contribution in [-0.2, 0) is 9.53 Å². The second-order valence-corrected chi connectivity index (χ2v) is 6.42. The Kier molecular flexibility index (Phi) is 7.85. The number of methoxy groups -OCH3 is 1. The van der Waals surface area contributed by atoms with Gasteiger partial charge in [0.2, 0.25) is 0 Å². The Bertz CT molecular complexity index is 727. The lowest BCUT2D eigenvalue weighted by Crippen LogP contribution is -2.41. The van der Waals surface area contributed by atoms with Gasteiger partial charge in [0, 0.05) is 6.54 Å². The van der Waals surface area contributed by atoms with Gasteiger partial charge in [-0.05, 0) is 56.7 Å². The van der Waals surface area contributed by atoms with Crippen LogP contribution in [0.3, 0.4) is 0 Å². The lowest BCUT2D eigenvalue weighted by molar-refractivity contribution is -0.123. The Morgan fingerprint density at radius 2 is 2.00 bits per heavy atom. The Hall–Kier alpha value is -2.83. The number of hydrogen-bond acceptors (Lipinski definition) is 5. The van der Waals surface area contributed by atoms with Crippen molar-refractivity contribution in [3.05, 3.63) is 41.0 Å². The number of carbonyl (C=O) groups is 3. The van der Waals surface area contributed by atoms with E-state index in [0.29, 0.717) is 12.3 Å². The molecular formula is C20H26N2O5. The molecule has 0 bridgehead atoms. The molecule has 2 rings (SSSR count). The molecule has 0 fully saturated rings. The van der Waals surface area contributed by atoms with Crippen LogP contribution in [0, 0.1) is 6.92 Å².